The Hall–Kier alpha value is -3.38. The van der Waals surface area contributed by atoms with E-state index in [4.69, 9.17) is 11.6 Å². The molecule has 0 aliphatic carbocycles. The van der Waals surface area contributed by atoms with E-state index in [0.29, 0.717) is 16.5 Å². The fraction of sp³-hybridized carbons (Fsp3) is 0. The number of nitrogens with one attached hydrogen (secondary N) is 2. The van der Waals surface area contributed by atoms with Crippen LogP contribution in [0.3, 0.4) is 0 Å². The number of anilines is 2. The topological polar surface area (TPSA) is 90.9 Å². The lowest BCUT2D eigenvalue weighted by molar-refractivity contribution is 0.0697. The number of nitrogens with zero attached hydrogens (tertiary/aromatic N) is 2. The number of aromatic amines is 1. The fourth-order valence-electron chi connectivity index (χ4n) is 2.72. The zero-order valence-electron chi connectivity index (χ0n) is 13.4. The summed E-state index contributed by atoms with van der Waals surface area (Å²) >= 11 is 6.03. The van der Waals surface area contributed by atoms with Crippen LogP contribution < -0.4 is 5.32 Å². The molecule has 7 heteroatoms. The standard InChI is InChI=1S/C19H13ClN4O2/c20-13-5-2-6-14(8-13)23-17-15-9-16(24-18(15)22-10-21-17)11-3-1-4-12(7-11)19(25)26/h1-10H,(H,25,26)(H2,21,22,23,24). The number of hydrogen-bond acceptors (Lipinski definition) is 4. The molecule has 26 heavy (non-hydrogen) atoms. The minimum Gasteiger partial charge on any atom is -0.478 e. The number of carbonyl (C=O) groups is 1. The van der Waals surface area contributed by atoms with Crippen molar-refractivity contribution in [3.63, 3.8) is 0 Å². The summed E-state index contributed by atoms with van der Waals surface area (Å²) in [6.07, 6.45) is 1.46. The summed E-state index contributed by atoms with van der Waals surface area (Å²) in [5, 5.41) is 13.8. The number of aromatic nitrogens is 3. The average molecular weight is 365 g/mol. The summed E-state index contributed by atoms with van der Waals surface area (Å²) in [4.78, 5) is 23.0. The molecule has 0 aliphatic rings. The Kier molecular flexibility index (Phi) is 4.02. The van der Waals surface area contributed by atoms with Crippen molar-refractivity contribution in [3.05, 3.63) is 71.5 Å². The second-order valence-electron chi connectivity index (χ2n) is 5.69. The van der Waals surface area contributed by atoms with Crippen molar-refractivity contribution in [1.29, 1.82) is 0 Å². The maximum absolute atomic E-state index is 11.2. The highest BCUT2D eigenvalue weighted by Gasteiger charge is 2.11. The average Bonchev–Trinajstić information content (AvgIpc) is 3.07. The third-order valence-corrected chi connectivity index (χ3v) is 4.17. The highest BCUT2D eigenvalue weighted by molar-refractivity contribution is 6.30. The smallest absolute Gasteiger partial charge is 0.335 e. The first kappa shape index (κ1) is 16.1. The van der Waals surface area contributed by atoms with E-state index in [0.717, 1.165) is 22.3 Å². The molecule has 0 bridgehead atoms. The van der Waals surface area contributed by atoms with E-state index in [1.165, 1.54) is 6.33 Å². The molecule has 4 aromatic rings. The SMILES string of the molecule is O=C(O)c1cccc(-c2cc3c(Nc4cccc(Cl)c4)ncnc3[nH]2)c1. The van der Waals surface area contributed by atoms with Gasteiger partial charge in [0.1, 0.15) is 17.8 Å². The predicted molar refractivity (Wildman–Crippen MR) is 101 cm³/mol. The van der Waals surface area contributed by atoms with Crippen LogP contribution in [0.25, 0.3) is 22.3 Å². The fourth-order valence-corrected chi connectivity index (χ4v) is 2.91. The van der Waals surface area contributed by atoms with Gasteiger partial charge in [0.2, 0.25) is 0 Å². The Bertz CT molecular complexity index is 1120. The Morgan fingerprint density at radius 3 is 2.73 bits per heavy atom. The van der Waals surface area contributed by atoms with Gasteiger partial charge in [0.05, 0.1) is 10.9 Å². The first-order valence-corrected chi connectivity index (χ1v) is 8.18. The normalized spacial score (nSPS) is 10.8. The third kappa shape index (κ3) is 3.10. The molecule has 6 nitrogen and oxygen atoms in total. The van der Waals surface area contributed by atoms with Crippen LogP contribution in [0.4, 0.5) is 11.5 Å². The molecular weight excluding hydrogens is 352 g/mol. The molecule has 128 valence electrons. The molecule has 2 heterocycles. The molecule has 0 unspecified atom stereocenters. The molecule has 3 N–H and O–H groups in total. The van der Waals surface area contributed by atoms with Gasteiger partial charge in [-0.05, 0) is 42.0 Å². The van der Waals surface area contributed by atoms with Gasteiger partial charge in [0, 0.05) is 16.4 Å². The number of carboxylic acids is 1. The molecule has 0 fully saturated rings. The summed E-state index contributed by atoms with van der Waals surface area (Å²) in [5.74, 6) is -0.333. The molecule has 2 aromatic heterocycles. The molecule has 4 rings (SSSR count). The van der Waals surface area contributed by atoms with E-state index < -0.39 is 5.97 Å². The Morgan fingerprint density at radius 1 is 1.08 bits per heavy atom. The van der Waals surface area contributed by atoms with E-state index in [9.17, 15) is 9.90 Å². The summed E-state index contributed by atoms with van der Waals surface area (Å²) in [6.45, 7) is 0. The minimum absolute atomic E-state index is 0.226. The lowest BCUT2D eigenvalue weighted by atomic mass is 10.1. The quantitative estimate of drug-likeness (QED) is 0.487. The minimum atomic E-state index is -0.967. The van der Waals surface area contributed by atoms with Gasteiger partial charge in [-0.15, -0.1) is 0 Å². The van der Waals surface area contributed by atoms with Crippen LogP contribution in [-0.2, 0) is 0 Å². The first-order valence-electron chi connectivity index (χ1n) is 7.80. The van der Waals surface area contributed by atoms with Crippen molar-refractivity contribution in [3.8, 4) is 11.3 Å². The first-order chi connectivity index (χ1) is 12.6. The molecule has 0 saturated carbocycles. The largest absolute Gasteiger partial charge is 0.478 e. The van der Waals surface area contributed by atoms with E-state index in [1.54, 1.807) is 30.3 Å². The van der Waals surface area contributed by atoms with Crippen LogP contribution in [0.2, 0.25) is 5.02 Å². The van der Waals surface area contributed by atoms with Crippen molar-refractivity contribution in [2.45, 2.75) is 0 Å². The van der Waals surface area contributed by atoms with Crippen molar-refractivity contribution < 1.29 is 9.90 Å². The molecule has 0 spiro atoms. The number of aromatic carboxylic acids is 1. The van der Waals surface area contributed by atoms with Crippen LogP contribution in [0.1, 0.15) is 10.4 Å². The maximum atomic E-state index is 11.2. The molecule has 0 radical (unpaired) electrons. The van der Waals surface area contributed by atoms with Gasteiger partial charge in [0.15, 0.2) is 0 Å². The van der Waals surface area contributed by atoms with Crippen LogP contribution >= 0.6 is 11.6 Å². The number of rotatable bonds is 4. The Morgan fingerprint density at radius 2 is 1.92 bits per heavy atom. The van der Waals surface area contributed by atoms with Gasteiger partial charge in [-0.25, -0.2) is 14.8 Å². The van der Waals surface area contributed by atoms with E-state index in [2.05, 4.69) is 20.3 Å². The van der Waals surface area contributed by atoms with Crippen LogP contribution in [0.5, 0.6) is 0 Å². The van der Waals surface area contributed by atoms with Crippen molar-refractivity contribution in [2.75, 3.05) is 5.32 Å². The number of hydrogen-bond donors (Lipinski definition) is 3. The van der Waals surface area contributed by atoms with Gasteiger partial charge in [-0.1, -0.05) is 29.8 Å². The predicted octanol–water partition coefficient (Wildman–Crippen LogP) is 4.72. The molecule has 0 atom stereocenters. The number of H-pyrrole nitrogens is 1. The van der Waals surface area contributed by atoms with Crippen LogP contribution in [0, 0.1) is 0 Å². The van der Waals surface area contributed by atoms with Crippen LogP contribution in [-0.4, -0.2) is 26.0 Å². The summed E-state index contributed by atoms with van der Waals surface area (Å²) in [5.41, 5.74) is 3.22. The van der Waals surface area contributed by atoms with Gasteiger partial charge < -0.3 is 15.4 Å². The van der Waals surface area contributed by atoms with Crippen molar-refractivity contribution >= 4 is 40.1 Å². The third-order valence-electron chi connectivity index (χ3n) is 3.93. The van der Waals surface area contributed by atoms with E-state index in [-0.39, 0.29) is 5.56 Å². The number of benzene rings is 2. The van der Waals surface area contributed by atoms with E-state index in [1.807, 2.05) is 24.3 Å². The van der Waals surface area contributed by atoms with Gasteiger partial charge in [-0.3, -0.25) is 0 Å². The molecular formula is C19H13ClN4O2. The zero-order chi connectivity index (χ0) is 18.1. The molecule has 2 aromatic carbocycles. The highest BCUT2D eigenvalue weighted by atomic mass is 35.5. The Labute approximate surface area is 153 Å². The highest BCUT2D eigenvalue weighted by Crippen LogP contribution is 2.29. The maximum Gasteiger partial charge on any atom is 0.335 e. The molecule has 0 saturated heterocycles. The lowest BCUT2D eigenvalue weighted by Gasteiger charge is -2.06. The van der Waals surface area contributed by atoms with Gasteiger partial charge >= 0.3 is 5.97 Å². The molecule has 0 amide bonds. The van der Waals surface area contributed by atoms with Gasteiger partial charge in [0.25, 0.3) is 0 Å². The number of halogens is 1. The van der Waals surface area contributed by atoms with Gasteiger partial charge in [-0.2, -0.15) is 0 Å². The van der Waals surface area contributed by atoms with E-state index >= 15 is 0 Å². The Balaban J connectivity index is 1.76. The summed E-state index contributed by atoms with van der Waals surface area (Å²) < 4.78 is 0. The monoisotopic (exact) mass is 364 g/mol. The lowest BCUT2D eigenvalue weighted by Crippen LogP contribution is -1.95. The number of fused-ring (bicyclic) bond motifs is 1. The number of carboxylic acid groups (broad SMARTS) is 1. The van der Waals surface area contributed by atoms with Crippen LogP contribution in [0.15, 0.2) is 60.9 Å². The second kappa shape index (κ2) is 6.50. The van der Waals surface area contributed by atoms with Crippen molar-refractivity contribution in [1.82, 2.24) is 15.0 Å². The zero-order valence-corrected chi connectivity index (χ0v) is 14.2. The van der Waals surface area contributed by atoms with Crippen molar-refractivity contribution in [2.24, 2.45) is 0 Å². The summed E-state index contributed by atoms with van der Waals surface area (Å²) in [6, 6.07) is 16.0. The summed E-state index contributed by atoms with van der Waals surface area (Å²) in [7, 11) is 0. The molecule has 0 aliphatic heterocycles. The second-order valence-corrected chi connectivity index (χ2v) is 6.13.